The van der Waals surface area contributed by atoms with Crippen molar-refractivity contribution < 1.29 is 8.42 Å². The van der Waals surface area contributed by atoms with E-state index in [1.165, 1.54) is 6.07 Å². The first kappa shape index (κ1) is 17.4. The van der Waals surface area contributed by atoms with Crippen molar-refractivity contribution >= 4 is 21.6 Å². The quantitative estimate of drug-likeness (QED) is 0.812. The largest absolute Gasteiger partial charge is 0.313 e. The summed E-state index contributed by atoms with van der Waals surface area (Å²) >= 11 is 6.08. The highest BCUT2D eigenvalue weighted by atomic mass is 35.5. The van der Waals surface area contributed by atoms with Crippen LogP contribution in [0.15, 0.2) is 23.1 Å². The molecule has 0 heterocycles. The summed E-state index contributed by atoms with van der Waals surface area (Å²) in [7, 11) is -3.51. The van der Waals surface area contributed by atoms with Gasteiger partial charge >= 0.3 is 0 Å². The van der Waals surface area contributed by atoms with Gasteiger partial charge in [0.25, 0.3) is 0 Å². The second-order valence-corrected chi connectivity index (χ2v) is 7.31. The van der Waals surface area contributed by atoms with Crippen molar-refractivity contribution in [1.82, 2.24) is 10.0 Å². The third kappa shape index (κ3) is 4.74. The number of hydrogen-bond donors (Lipinski definition) is 2. The highest BCUT2D eigenvalue weighted by Gasteiger charge is 2.20. The minimum absolute atomic E-state index is 0.118. The molecule has 0 radical (unpaired) electrons. The Hall–Kier alpha value is -0.620. The van der Waals surface area contributed by atoms with Gasteiger partial charge in [-0.1, -0.05) is 32.4 Å². The Bertz CT molecular complexity index is 544. The molecule has 1 unspecified atom stereocenters. The number of rotatable bonds is 7. The van der Waals surface area contributed by atoms with Crippen molar-refractivity contribution in [1.29, 1.82) is 0 Å². The molecular weight excluding hydrogens is 296 g/mol. The Balaban J connectivity index is 3.00. The van der Waals surface area contributed by atoms with Crippen LogP contribution in [-0.2, 0) is 16.6 Å². The van der Waals surface area contributed by atoms with Gasteiger partial charge in [-0.3, -0.25) is 0 Å². The molecule has 0 fully saturated rings. The van der Waals surface area contributed by atoms with Crippen LogP contribution in [0.5, 0.6) is 0 Å². The van der Waals surface area contributed by atoms with Crippen molar-refractivity contribution in [2.75, 3.05) is 6.54 Å². The van der Waals surface area contributed by atoms with Crippen molar-refractivity contribution in [2.45, 2.75) is 45.2 Å². The number of halogens is 1. The minimum Gasteiger partial charge on any atom is -0.313 e. The number of nitrogens with one attached hydrogen (secondary N) is 2. The fourth-order valence-electron chi connectivity index (χ4n) is 1.56. The molecule has 0 bridgehead atoms. The standard InChI is InChI=1S/C14H23ClN2O2S/c1-5-16-9-12-8-13(6-7-14(12)15)20(18,19)17-11(4)10(2)3/h6-8,10-11,16-17H,5,9H2,1-4H3. The molecular formula is C14H23ClN2O2S. The molecule has 0 aromatic heterocycles. The Morgan fingerprint density at radius 1 is 1.25 bits per heavy atom. The van der Waals surface area contributed by atoms with E-state index in [9.17, 15) is 8.42 Å². The molecule has 0 saturated carbocycles. The zero-order valence-corrected chi connectivity index (χ0v) is 14.0. The van der Waals surface area contributed by atoms with E-state index in [1.54, 1.807) is 12.1 Å². The van der Waals surface area contributed by atoms with Gasteiger partial charge in [-0.15, -0.1) is 0 Å². The van der Waals surface area contributed by atoms with Gasteiger partial charge in [0.2, 0.25) is 10.0 Å². The van der Waals surface area contributed by atoms with E-state index in [2.05, 4.69) is 10.0 Å². The maximum atomic E-state index is 12.3. The second-order valence-electron chi connectivity index (χ2n) is 5.19. The summed E-state index contributed by atoms with van der Waals surface area (Å²) in [5.74, 6) is 0.235. The average Bonchev–Trinajstić information content (AvgIpc) is 2.36. The van der Waals surface area contributed by atoms with Crippen molar-refractivity contribution in [3.8, 4) is 0 Å². The number of hydrogen-bond acceptors (Lipinski definition) is 3. The van der Waals surface area contributed by atoms with Crippen LogP contribution in [0.4, 0.5) is 0 Å². The van der Waals surface area contributed by atoms with Gasteiger partial charge in [0.05, 0.1) is 4.90 Å². The van der Waals surface area contributed by atoms with Crippen LogP contribution in [0.3, 0.4) is 0 Å². The maximum absolute atomic E-state index is 12.3. The summed E-state index contributed by atoms with van der Waals surface area (Å²) in [5, 5.41) is 3.71. The fourth-order valence-corrected chi connectivity index (χ4v) is 3.19. The van der Waals surface area contributed by atoms with Crippen LogP contribution in [0.2, 0.25) is 5.02 Å². The van der Waals surface area contributed by atoms with Crippen molar-refractivity contribution in [2.24, 2.45) is 5.92 Å². The monoisotopic (exact) mass is 318 g/mol. The Labute approximate surface area is 127 Å². The summed E-state index contributed by atoms with van der Waals surface area (Å²) in [6, 6.07) is 4.67. The average molecular weight is 319 g/mol. The summed E-state index contributed by atoms with van der Waals surface area (Å²) < 4.78 is 27.3. The van der Waals surface area contributed by atoms with Gasteiger partial charge in [-0.05, 0) is 43.1 Å². The fraction of sp³-hybridized carbons (Fsp3) is 0.571. The predicted octanol–water partition coefficient (Wildman–Crippen LogP) is 2.77. The minimum atomic E-state index is -3.51. The zero-order valence-electron chi connectivity index (χ0n) is 12.4. The van der Waals surface area contributed by atoms with Crippen LogP contribution < -0.4 is 10.0 Å². The van der Waals surface area contributed by atoms with E-state index in [0.29, 0.717) is 11.6 Å². The molecule has 0 spiro atoms. The highest BCUT2D eigenvalue weighted by Crippen LogP contribution is 2.21. The summed E-state index contributed by atoms with van der Waals surface area (Å²) in [6.07, 6.45) is 0. The molecule has 0 saturated heterocycles. The van der Waals surface area contributed by atoms with Gasteiger partial charge in [0, 0.05) is 17.6 Å². The first-order chi connectivity index (χ1) is 9.27. The highest BCUT2D eigenvalue weighted by molar-refractivity contribution is 7.89. The van der Waals surface area contributed by atoms with E-state index in [0.717, 1.165) is 12.1 Å². The molecule has 20 heavy (non-hydrogen) atoms. The van der Waals surface area contributed by atoms with E-state index >= 15 is 0 Å². The normalized spacial score (nSPS) is 13.7. The molecule has 0 amide bonds. The van der Waals surface area contributed by atoms with E-state index < -0.39 is 10.0 Å². The zero-order chi connectivity index (χ0) is 15.3. The van der Waals surface area contributed by atoms with Crippen molar-refractivity contribution in [3.05, 3.63) is 28.8 Å². The van der Waals surface area contributed by atoms with Crippen LogP contribution in [0, 0.1) is 5.92 Å². The maximum Gasteiger partial charge on any atom is 0.240 e. The van der Waals surface area contributed by atoms with E-state index in [-0.39, 0.29) is 16.9 Å². The molecule has 0 aliphatic carbocycles. The van der Waals surface area contributed by atoms with Gasteiger partial charge in [-0.2, -0.15) is 0 Å². The second kappa shape index (κ2) is 7.41. The lowest BCUT2D eigenvalue weighted by Crippen LogP contribution is -2.36. The molecule has 114 valence electrons. The van der Waals surface area contributed by atoms with Gasteiger partial charge < -0.3 is 5.32 Å². The first-order valence-corrected chi connectivity index (χ1v) is 8.65. The van der Waals surface area contributed by atoms with Crippen LogP contribution >= 0.6 is 11.6 Å². The molecule has 6 heteroatoms. The van der Waals surface area contributed by atoms with Gasteiger partial charge in [0.15, 0.2) is 0 Å². The van der Waals surface area contributed by atoms with Crippen LogP contribution in [0.1, 0.15) is 33.3 Å². The number of benzene rings is 1. The summed E-state index contributed by atoms with van der Waals surface area (Å²) in [4.78, 5) is 0.252. The topological polar surface area (TPSA) is 58.2 Å². The molecule has 0 aliphatic heterocycles. The molecule has 1 aromatic rings. The first-order valence-electron chi connectivity index (χ1n) is 6.79. The van der Waals surface area contributed by atoms with Gasteiger partial charge in [0.1, 0.15) is 0 Å². The van der Waals surface area contributed by atoms with E-state index in [1.807, 2.05) is 27.7 Å². The smallest absolute Gasteiger partial charge is 0.240 e. The molecule has 1 aromatic carbocycles. The lowest BCUT2D eigenvalue weighted by molar-refractivity contribution is 0.476. The Morgan fingerprint density at radius 3 is 2.45 bits per heavy atom. The van der Waals surface area contributed by atoms with Crippen LogP contribution in [0.25, 0.3) is 0 Å². The molecule has 1 atom stereocenters. The SMILES string of the molecule is CCNCc1cc(S(=O)(=O)NC(C)C(C)C)ccc1Cl. The molecule has 1 rings (SSSR count). The lowest BCUT2D eigenvalue weighted by Gasteiger charge is -2.18. The molecule has 4 nitrogen and oxygen atoms in total. The summed E-state index contributed by atoms with van der Waals surface area (Å²) in [6.45, 7) is 9.16. The lowest BCUT2D eigenvalue weighted by atomic mass is 10.1. The predicted molar refractivity (Wildman–Crippen MR) is 83.5 cm³/mol. The molecule has 2 N–H and O–H groups in total. The van der Waals surface area contributed by atoms with Crippen molar-refractivity contribution in [3.63, 3.8) is 0 Å². The Kier molecular flexibility index (Phi) is 6.45. The Morgan fingerprint density at radius 2 is 1.90 bits per heavy atom. The summed E-state index contributed by atoms with van der Waals surface area (Å²) in [5.41, 5.74) is 0.786. The number of sulfonamides is 1. The third-order valence-electron chi connectivity index (χ3n) is 3.23. The van der Waals surface area contributed by atoms with Gasteiger partial charge in [-0.25, -0.2) is 13.1 Å². The molecule has 0 aliphatic rings. The van der Waals surface area contributed by atoms with Crippen LogP contribution in [-0.4, -0.2) is 21.0 Å². The third-order valence-corrected chi connectivity index (χ3v) is 5.16. The van der Waals surface area contributed by atoms with E-state index in [4.69, 9.17) is 11.6 Å².